The highest BCUT2D eigenvalue weighted by Crippen LogP contribution is 2.52. The van der Waals surface area contributed by atoms with Gasteiger partial charge in [-0.1, -0.05) is 25.1 Å². The topological polar surface area (TPSA) is 97.5 Å². The number of ether oxygens (including phenoxy) is 1. The molecule has 2 fully saturated rings. The molecule has 1 aliphatic carbocycles. The van der Waals surface area contributed by atoms with Gasteiger partial charge in [-0.05, 0) is 18.6 Å². The van der Waals surface area contributed by atoms with Gasteiger partial charge in [-0.15, -0.1) is 0 Å². The van der Waals surface area contributed by atoms with E-state index in [0.29, 0.717) is 48.4 Å². The van der Waals surface area contributed by atoms with Crippen LogP contribution in [0.1, 0.15) is 26.1 Å². The summed E-state index contributed by atoms with van der Waals surface area (Å²) >= 11 is 0. The van der Waals surface area contributed by atoms with Crippen LogP contribution in [0, 0.1) is 11.3 Å². The van der Waals surface area contributed by atoms with Crippen molar-refractivity contribution in [3.05, 3.63) is 30.2 Å². The molecule has 27 heavy (non-hydrogen) atoms. The number of nitrogens with zero attached hydrogens (tertiary/aromatic N) is 4. The Labute approximate surface area is 158 Å². The van der Waals surface area contributed by atoms with Crippen molar-refractivity contribution in [1.29, 1.82) is 0 Å². The molecule has 1 saturated carbocycles. The van der Waals surface area contributed by atoms with Gasteiger partial charge in [-0.25, -0.2) is 0 Å². The number of aliphatic imine (C=N–C) groups is 1. The molecule has 8 nitrogen and oxygen atoms in total. The van der Waals surface area contributed by atoms with E-state index in [9.17, 15) is 0 Å². The third-order valence-corrected chi connectivity index (χ3v) is 5.61. The second kappa shape index (κ2) is 7.26. The number of hydrogen-bond acceptors (Lipinski definition) is 6. The number of aromatic nitrogens is 3. The molecule has 1 aliphatic heterocycles. The van der Waals surface area contributed by atoms with Crippen molar-refractivity contribution in [2.75, 3.05) is 20.2 Å². The van der Waals surface area contributed by atoms with E-state index in [4.69, 9.17) is 9.26 Å². The lowest BCUT2D eigenvalue weighted by atomic mass is 9.57. The first-order valence-corrected chi connectivity index (χ1v) is 9.42. The van der Waals surface area contributed by atoms with E-state index < -0.39 is 0 Å². The molecule has 0 amide bonds. The summed E-state index contributed by atoms with van der Waals surface area (Å²) in [5, 5.41) is 10.9. The minimum atomic E-state index is 0.115. The molecular weight excluding hydrogens is 344 g/mol. The first kappa shape index (κ1) is 17.9. The van der Waals surface area contributed by atoms with E-state index in [2.05, 4.69) is 44.6 Å². The van der Waals surface area contributed by atoms with Crippen LogP contribution in [0.5, 0.6) is 0 Å². The number of pyridine rings is 1. The molecule has 3 atom stereocenters. The second-order valence-corrected chi connectivity index (χ2v) is 7.67. The Balaban J connectivity index is 1.29. The van der Waals surface area contributed by atoms with Crippen molar-refractivity contribution >= 4 is 5.96 Å². The molecular formula is C19H26N6O2. The van der Waals surface area contributed by atoms with Crippen LogP contribution in [0.2, 0.25) is 0 Å². The van der Waals surface area contributed by atoms with Crippen molar-refractivity contribution in [2.24, 2.45) is 16.3 Å². The van der Waals surface area contributed by atoms with Gasteiger partial charge in [0, 0.05) is 50.2 Å². The van der Waals surface area contributed by atoms with Gasteiger partial charge < -0.3 is 19.9 Å². The van der Waals surface area contributed by atoms with E-state index >= 15 is 0 Å². The van der Waals surface area contributed by atoms with Crippen molar-refractivity contribution in [2.45, 2.75) is 38.8 Å². The highest BCUT2D eigenvalue weighted by atomic mass is 16.5. The third kappa shape index (κ3) is 3.41. The van der Waals surface area contributed by atoms with Gasteiger partial charge in [0.2, 0.25) is 0 Å². The fourth-order valence-electron chi connectivity index (χ4n) is 4.20. The largest absolute Gasteiger partial charge is 0.377 e. The van der Waals surface area contributed by atoms with Crippen molar-refractivity contribution in [3.8, 4) is 11.6 Å². The zero-order chi connectivity index (χ0) is 18.9. The standard InChI is InChI=1S/C19H26N6O2/c1-19(2)15(12-8-11-26-16(12)19)24-18(20-3)22-10-7-14-23-17(27-25-14)13-6-4-5-9-21-13/h4-6,9,12,15-16H,7-8,10-11H2,1-3H3,(H2,20,22,24). The van der Waals surface area contributed by atoms with Crippen LogP contribution in [0.15, 0.2) is 33.9 Å². The summed E-state index contributed by atoms with van der Waals surface area (Å²) in [5.74, 6) is 2.45. The molecule has 2 N–H and O–H groups in total. The second-order valence-electron chi connectivity index (χ2n) is 7.67. The molecule has 2 aromatic heterocycles. The van der Waals surface area contributed by atoms with Gasteiger partial charge in [0.15, 0.2) is 11.8 Å². The molecule has 2 aromatic rings. The molecule has 144 valence electrons. The van der Waals surface area contributed by atoms with Crippen LogP contribution in [0.3, 0.4) is 0 Å². The number of fused-ring (bicyclic) bond motifs is 1. The molecule has 4 rings (SSSR count). The molecule has 0 spiro atoms. The van der Waals surface area contributed by atoms with Gasteiger partial charge in [0.1, 0.15) is 5.69 Å². The van der Waals surface area contributed by atoms with Gasteiger partial charge in [0.05, 0.1) is 6.10 Å². The molecule has 2 aliphatic rings. The average molecular weight is 370 g/mol. The fraction of sp³-hybridized carbons (Fsp3) is 0.579. The van der Waals surface area contributed by atoms with Crippen molar-refractivity contribution in [1.82, 2.24) is 25.8 Å². The van der Waals surface area contributed by atoms with E-state index in [-0.39, 0.29) is 5.41 Å². The monoisotopic (exact) mass is 370 g/mol. The highest BCUT2D eigenvalue weighted by molar-refractivity contribution is 5.80. The van der Waals surface area contributed by atoms with E-state index in [1.165, 1.54) is 0 Å². The minimum Gasteiger partial charge on any atom is -0.377 e. The van der Waals surface area contributed by atoms with Crippen LogP contribution in [-0.4, -0.2) is 53.4 Å². The Morgan fingerprint density at radius 2 is 2.26 bits per heavy atom. The molecule has 0 aromatic carbocycles. The molecule has 3 heterocycles. The Kier molecular flexibility index (Phi) is 4.82. The molecule has 0 bridgehead atoms. The summed E-state index contributed by atoms with van der Waals surface area (Å²) in [6.07, 6.45) is 3.82. The zero-order valence-electron chi connectivity index (χ0n) is 16.0. The molecule has 3 unspecified atom stereocenters. The summed E-state index contributed by atoms with van der Waals surface area (Å²) in [7, 11) is 1.79. The predicted molar refractivity (Wildman–Crippen MR) is 101 cm³/mol. The number of nitrogens with one attached hydrogen (secondary N) is 2. The van der Waals surface area contributed by atoms with Crippen LogP contribution >= 0.6 is 0 Å². The van der Waals surface area contributed by atoms with Gasteiger partial charge >= 0.3 is 0 Å². The number of rotatable bonds is 5. The maximum Gasteiger partial charge on any atom is 0.276 e. The fourth-order valence-corrected chi connectivity index (χ4v) is 4.20. The Hall–Kier alpha value is -2.48. The zero-order valence-corrected chi connectivity index (χ0v) is 16.0. The summed E-state index contributed by atoms with van der Waals surface area (Å²) in [4.78, 5) is 13.0. The van der Waals surface area contributed by atoms with Crippen LogP contribution in [-0.2, 0) is 11.2 Å². The van der Waals surface area contributed by atoms with Crippen molar-refractivity contribution in [3.63, 3.8) is 0 Å². The SMILES string of the molecule is CN=C(NCCc1noc(-c2ccccn2)n1)NC1C2CCOC2C1(C)C. The number of guanidine groups is 1. The first-order valence-electron chi connectivity index (χ1n) is 9.42. The van der Waals surface area contributed by atoms with Gasteiger partial charge in [-0.2, -0.15) is 4.98 Å². The first-order chi connectivity index (χ1) is 13.1. The number of hydrogen-bond donors (Lipinski definition) is 2. The quantitative estimate of drug-likeness (QED) is 0.610. The van der Waals surface area contributed by atoms with Crippen molar-refractivity contribution < 1.29 is 9.26 Å². The molecule has 8 heteroatoms. The summed E-state index contributed by atoms with van der Waals surface area (Å²) in [5.41, 5.74) is 0.798. The van der Waals surface area contributed by atoms with E-state index in [1.54, 1.807) is 13.2 Å². The summed E-state index contributed by atoms with van der Waals surface area (Å²) in [6, 6.07) is 5.97. The smallest absolute Gasteiger partial charge is 0.276 e. The van der Waals surface area contributed by atoms with Crippen LogP contribution in [0.4, 0.5) is 0 Å². The lowest BCUT2D eigenvalue weighted by molar-refractivity contribution is -0.106. The van der Waals surface area contributed by atoms with Gasteiger partial charge in [0.25, 0.3) is 5.89 Å². The lowest BCUT2D eigenvalue weighted by Crippen LogP contribution is -2.68. The summed E-state index contributed by atoms with van der Waals surface area (Å²) in [6.45, 7) is 6.03. The third-order valence-electron chi connectivity index (χ3n) is 5.61. The molecule has 1 saturated heterocycles. The van der Waals surface area contributed by atoms with Crippen LogP contribution < -0.4 is 10.6 Å². The summed E-state index contributed by atoms with van der Waals surface area (Å²) < 4.78 is 11.1. The minimum absolute atomic E-state index is 0.115. The van der Waals surface area contributed by atoms with E-state index in [0.717, 1.165) is 19.0 Å². The molecule has 0 radical (unpaired) electrons. The van der Waals surface area contributed by atoms with Gasteiger partial charge in [-0.3, -0.25) is 9.98 Å². The van der Waals surface area contributed by atoms with E-state index in [1.807, 2.05) is 18.2 Å². The predicted octanol–water partition coefficient (Wildman–Crippen LogP) is 1.65. The Bertz CT molecular complexity index is 804. The highest BCUT2D eigenvalue weighted by Gasteiger charge is 2.59. The maximum absolute atomic E-state index is 5.86. The Morgan fingerprint density at radius 3 is 3.04 bits per heavy atom. The normalized spacial score (nSPS) is 26.3. The average Bonchev–Trinajstić information content (AvgIpc) is 3.33. The lowest BCUT2D eigenvalue weighted by Gasteiger charge is -2.54. The maximum atomic E-state index is 5.86. The Morgan fingerprint density at radius 1 is 1.37 bits per heavy atom. The van der Waals surface area contributed by atoms with Crippen LogP contribution in [0.25, 0.3) is 11.6 Å².